The van der Waals surface area contributed by atoms with Crippen molar-refractivity contribution in [2.45, 2.75) is 50.7 Å². The summed E-state index contributed by atoms with van der Waals surface area (Å²) in [5.74, 6) is 2.13. The van der Waals surface area contributed by atoms with Gasteiger partial charge in [0.15, 0.2) is 0 Å². The van der Waals surface area contributed by atoms with Gasteiger partial charge in [-0.25, -0.2) is 0 Å². The molecule has 0 spiro atoms. The van der Waals surface area contributed by atoms with Gasteiger partial charge >= 0.3 is 0 Å². The summed E-state index contributed by atoms with van der Waals surface area (Å²) >= 11 is 2.07. The second-order valence-electron chi connectivity index (χ2n) is 3.98. The zero-order valence-electron chi connectivity index (χ0n) is 8.80. The molecule has 13 heavy (non-hydrogen) atoms. The summed E-state index contributed by atoms with van der Waals surface area (Å²) in [5, 5.41) is 0.739. The molecule has 0 aliphatic heterocycles. The van der Waals surface area contributed by atoms with Crippen LogP contribution in [0.15, 0.2) is 0 Å². The maximum absolute atomic E-state index is 5.82. The first kappa shape index (κ1) is 11.4. The van der Waals surface area contributed by atoms with Crippen LogP contribution in [0.3, 0.4) is 0 Å². The Balaban J connectivity index is 2.35. The molecule has 1 rings (SSSR count). The van der Waals surface area contributed by atoms with E-state index < -0.39 is 0 Å². The van der Waals surface area contributed by atoms with Crippen LogP contribution < -0.4 is 5.73 Å². The van der Waals surface area contributed by atoms with E-state index in [2.05, 4.69) is 18.7 Å². The third-order valence-corrected chi connectivity index (χ3v) is 4.38. The molecule has 2 N–H and O–H groups in total. The third-order valence-electron chi connectivity index (χ3n) is 3.04. The van der Waals surface area contributed by atoms with Crippen LogP contribution in [0.2, 0.25) is 0 Å². The van der Waals surface area contributed by atoms with Gasteiger partial charge in [-0.3, -0.25) is 0 Å². The molecule has 1 nitrogen and oxygen atoms in total. The zero-order chi connectivity index (χ0) is 9.52. The van der Waals surface area contributed by atoms with Gasteiger partial charge < -0.3 is 5.73 Å². The van der Waals surface area contributed by atoms with Crippen LogP contribution in [0, 0.1) is 5.92 Å². The quantitative estimate of drug-likeness (QED) is 0.708. The summed E-state index contributed by atoms with van der Waals surface area (Å²) in [6, 6.07) is 0. The summed E-state index contributed by atoms with van der Waals surface area (Å²) in [6.45, 7) is 3.12. The van der Waals surface area contributed by atoms with Gasteiger partial charge in [0, 0.05) is 11.8 Å². The lowest BCUT2D eigenvalue weighted by Gasteiger charge is -2.23. The number of hydrogen-bond acceptors (Lipinski definition) is 2. The molecule has 1 unspecified atom stereocenters. The minimum absolute atomic E-state index is 0.739. The Morgan fingerprint density at radius 2 is 1.85 bits per heavy atom. The molecule has 0 aromatic rings. The minimum Gasteiger partial charge on any atom is -0.329 e. The van der Waals surface area contributed by atoms with E-state index in [1.54, 1.807) is 0 Å². The van der Waals surface area contributed by atoms with Gasteiger partial charge in [-0.15, -0.1) is 0 Å². The Hall–Kier alpha value is 0.310. The second kappa shape index (κ2) is 6.72. The van der Waals surface area contributed by atoms with Gasteiger partial charge in [-0.1, -0.05) is 32.6 Å². The molecule has 0 bridgehead atoms. The Bertz CT molecular complexity index is 119. The first-order chi connectivity index (χ1) is 6.38. The molecule has 1 aliphatic carbocycles. The first-order valence-electron chi connectivity index (χ1n) is 5.70. The molecule has 0 saturated heterocycles. The van der Waals surface area contributed by atoms with Gasteiger partial charge in [0.1, 0.15) is 0 Å². The van der Waals surface area contributed by atoms with Crippen LogP contribution >= 0.6 is 11.8 Å². The van der Waals surface area contributed by atoms with E-state index in [4.69, 9.17) is 5.73 Å². The number of rotatable bonds is 4. The molecule has 0 radical (unpaired) electrons. The largest absolute Gasteiger partial charge is 0.329 e. The fourth-order valence-electron chi connectivity index (χ4n) is 2.29. The fraction of sp³-hybridized carbons (Fsp3) is 1.00. The average molecular weight is 201 g/mol. The zero-order valence-corrected chi connectivity index (χ0v) is 9.61. The van der Waals surface area contributed by atoms with E-state index >= 15 is 0 Å². The van der Waals surface area contributed by atoms with Gasteiger partial charge in [-0.2, -0.15) is 11.8 Å². The van der Waals surface area contributed by atoms with Crippen molar-refractivity contribution in [3.05, 3.63) is 0 Å². The van der Waals surface area contributed by atoms with Gasteiger partial charge in [0.05, 0.1) is 0 Å². The van der Waals surface area contributed by atoms with Crippen LogP contribution in [0.1, 0.15) is 45.4 Å². The number of hydrogen-bond donors (Lipinski definition) is 1. The Morgan fingerprint density at radius 3 is 2.31 bits per heavy atom. The molecule has 78 valence electrons. The molecule has 1 saturated carbocycles. The van der Waals surface area contributed by atoms with Gasteiger partial charge in [-0.05, 0) is 24.5 Å². The summed E-state index contributed by atoms with van der Waals surface area (Å²) in [6.07, 6.45) is 8.62. The molecular formula is C11H23NS. The van der Waals surface area contributed by atoms with E-state index in [1.807, 2.05) is 0 Å². The third kappa shape index (κ3) is 3.90. The van der Waals surface area contributed by atoms with E-state index in [-0.39, 0.29) is 0 Å². The molecule has 0 amide bonds. The Morgan fingerprint density at radius 1 is 1.23 bits per heavy atom. The van der Waals surface area contributed by atoms with E-state index in [9.17, 15) is 0 Å². The topological polar surface area (TPSA) is 26.0 Å². The standard InChI is InChI=1S/C11H23NS/c1-2-13-11(9-12)10-7-5-3-4-6-8-10/h10-11H,2-9,12H2,1H3. The lowest BCUT2D eigenvalue weighted by atomic mass is 9.96. The van der Waals surface area contributed by atoms with Crippen molar-refractivity contribution in [2.24, 2.45) is 11.7 Å². The van der Waals surface area contributed by atoms with Gasteiger partial charge in [0.25, 0.3) is 0 Å². The molecule has 0 heterocycles. The van der Waals surface area contributed by atoms with Crippen molar-refractivity contribution in [1.29, 1.82) is 0 Å². The fourth-order valence-corrected chi connectivity index (χ4v) is 3.40. The normalized spacial score (nSPS) is 22.6. The van der Waals surface area contributed by atoms with Crippen LogP contribution in [0.5, 0.6) is 0 Å². The summed E-state index contributed by atoms with van der Waals surface area (Å²) in [5.41, 5.74) is 5.82. The highest BCUT2D eigenvalue weighted by Gasteiger charge is 2.20. The molecular weight excluding hydrogens is 178 g/mol. The van der Waals surface area contributed by atoms with Crippen LogP contribution in [-0.2, 0) is 0 Å². The van der Waals surface area contributed by atoms with Crippen LogP contribution in [-0.4, -0.2) is 17.5 Å². The number of nitrogens with two attached hydrogens (primary N) is 1. The SMILES string of the molecule is CCSC(CN)C1CCCCCC1. The average Bonchev–Trinajstić information content (AvgIpc) is 2.42. The monoisotopic (exact) mass is 201 g/mol. The first-order valence-corrected chi connectivity index (χ1v) is 6.75. The van der Waals surface area contributed by atoms with Crippen LogP contribution in [0.25, 0.3) is 0 Å². The smallest absolute Gasteiger partial charge is 0.0198 e. The molecule has 2 heteroatoms. The summed E-state index contributed by atoms with van der Waals surface area (Å²) < 4.78 is 0. The van der Waals surface area contributed by atoms with E-state index in [0.717, 1.165) is 17.7 Å². The number of thioether (sulfide) groups is 1. The van der Waals surface area contributed by atoms with E-state index in [1.165, 1.54) is 44.3 Å². The lowest BCUT2D eigenvalue weighted by Crippen LogP contribution is -2.26. The highest BCUT2D eigenvalue weighted by atomic mass is 32.2. The Labute approximate surface area is 86.8 Å². The summed E-state index contributed by atoms with van der Waals surface area (Å²) in [4.78, 5) is 0. The highest BCUT2D eigenvalue weighted by molar-refractivity contribution is 7.99. The van der Waals surface area contributed by atoms with Crippen molar-refractivity contribution in [2.75, 3.05) is 12.3 Å². The molecule has 0 aromatic carbocycles. The van der Waals surface area contributed by atoms with Crippen molar-refractivity contribution < 1.29 is 0 Å². The minimum atomic E-state index is 0.739. The highest BCUT2D eigenvalue weighted by Crippen LogP contribution is 2.31. The van der Waals surface area contributed by atoms with Crippen molar-refractivity contribution in [3.8, 4) is 0 Å². The second-order valence-corrected chi connectivity index (χ2v) is 5.50. The molecule has 1 aliphatic rings. The molecule has 1 fully saturated rings. The van der Waals surface area contributed by atoms with Crippen molar-refractivity contribution in [3.63, 3.8) is 0 Å². The van der Waals surface area contributed by atoms with Crippen molar-refractivity contribution in [1.82, 2.24) is 0 Å². The predicted octanol–water partition coefficient (Wildman–Crippen LogP) is 3.04. The molecule has 1 atom stereocenters. The van der Waals surface area contributed by atoms with E-state index in [0.29, 0.717) is 0 Å². The predicted molar refractivity (Wildman–Crippen MR) is 62.2 cm³/mol. The Kier molecular flexibility index (Phi) is 5.88. The van der Waals surface area contributed by atoms with Crippen molar-refractivity contribution >= 4 is 11.8 Å². The van der Waals surface area contributed by atoms with Gasteiger partial charge in [0.2, 0.25) is 0 Å². The lowest BCUT2D eigenvalue weighted by molar-refractivity contribution is 0.445. The molecule has 0 aromatic heterocycles. The maximum atomic E-state index is 5.82. The summed E-state index contributed by atoms with van der Waals surface area (Å²) in [7, 11) is 0. The maximum Gasteiger partial charge on any atom is 0.0198 e. The van der Waals surface area contributed by atoms with Crippen LogP contribution in [0.4, 0.5) is 0 Å².